The zero-order valence-corrected chi connectivity index (χ0v) is 12.1. The first-order chi connectivity index (χ1) is 8.47. The molecule has 0 saturated carbocycles. The molecule has 0 N–H and O–H groups in total. The Balaban J connectivity index is 2.05. The summed E-state index contributed by atoms with van der Waals surface area (Å²) >= 11 is 5.90. The molecule has 2 rings (SSSR count). The third-order valence-electron chi connectivity index (χ3n) is 3.36. The Hall–Kier alpha value is -0.870. The van der Waals surface area contributed by atoms with Gasteiger partial charge in [0.2, 0.25) is 0 Å². The normalized spacial score (nSPS) is 18.8. The molecule has 18 heavy (non-hydrogen) atoms. The summed E-state index contributed by atoms with van der Waals surface area (Å²) in [6.45, 7) is 11.0. The first-order valence-corrected chi connectivity index (χ1v) is 6.82. The maximum Gasteiger partial charge on any atom is 0.149 e. The smallest absolute Gasteiger partial charge is 0.149 e. The van der Waals surface area contributed by atoms with E-state index in [-0.39, 0.29) is 5.54 Å². The average Bonchev–Trinajstić information content (AvgIpc) is 2.53. The molecule has 0 atom stereocenters. The molecule has 0 aromatic carbocycles. The molecule has 0 spiro atoms. The summed E-state index contributed by atoms with van der Waals surface area (Å²) in [6.07, 6.45) is 4.51. The van der Waals surface area contributed by atoms with Gasteiger partial charge >= 0.3 is 0 Å². The fraction of sp³-hybridized carbons (Fsp3) is 0.692. The number of aromatic nitrogens is 2. The minimum absolute atomic E-state index is 0.232. The van der Waals surface area contributed by atoms with Crippen LogP contribution in [0.3, 0.4) is 0 Å². The molecular formula is C13H21ClN4. The van der Waals surface area contributed by atoms with E-state index in [1.807, 2.05) is 0 Å². The Morgan fingerprint density at radius 2 is 1.89 bits per heavy atom. The van der Waals surface area contributed by atoms with E-state index in [0.29, 0.717) is 5.15 Å². The van der Waals surface area contributed by atoms with Gasteiger partial charge in [-0.25, -0.2) is 4.98 Å². The highest BCUT2D eigenvalue weighted by atomic mass is 35.5. The van der Waals surface area contributed by atoms with E-state index in [1.165, 1.54) is 0 Å². The second kappa shape index (κ2) is 5.41. The van der Waals surface area contributed by atoms with E-state index < -0.39 is 0 Å². The van der Waals surface area contributed by atoms with Gasteiger partial charge in [-0.05, 0) is 27.2 Å². The van der Waals surface area contributed by atoms with Crippen molar-refractivity contribution in [1.82, 2.24) is 14.9 Å². The summed E-state index contributed by atoms with van der Waals surface area (Å²) in [4.78, 5) is 13.2. The van der Waals surface area contributed by atoms with Gasteiger partial charge in [0, 0.05) is 31.7 Å². The fourth-order valence-electron chi connectivity index (χ4n) is 2.30. The molecule has 1 saturated heterocycles. The maximum atomic E-state index is 5.90. The highest BCUT2D eigenvalue weighted by molar-refractivity contribution is 6.29. The van der Waals surface area contributed by atoms with Gasteiger partial charge in [0.1, 0.15) is 11.0 Å². The van der Waals surface area contributed by atoms with Crippen molar-refractivity contribution in [3.63, 3.8) is 0 Å². The quantitative estimate of drug-likeness (QED) is 0.783. The number of nitrogens with zero attached hydrogens (tertiary/aromatic N) is 4. The van der Waals surface area contributed by atoms with Crippen LogP contribution < -0.4 is 4.90 Å². The monoisotopic (exact) mass is 268 g/mol. The molecule has 1 aliphatic rings. The van der Waals surface area contributed by atoms with Crippen LogP contribution in [0.5, 0.6) is 0 Å². The van der Waals surface area contributed by atoms with E-state index in [9.17, 15) is 0 Å². The molecule has 4 nitrogen and oxygen atoms in total. The number of anilines is 1. The van der Waals surface area contributed by atoms with Crippen LogP contribution in [0, 0.1) is 0 Å². The van der Waals surface area contributed by atoms with Crippen LogP contribution in [-0.4, -0.2) is 46.6 Å². The van der Waals surface area contributed by atoms with Crippen LogP contribution in [0.15, 0.2) is 12.4 Å². The number of hydrogen-bond acceptors (Lipinski definition) is 4. The van der Waals surface area contributed by atoms with Crippen LogP contribution >= 0.6 is 11.6 Å². The summed E-state index contributed by atoms with van der Waals surface area (Å²) < 4.78 is 0. The molecule has 5 heteroatoms. The molecule has 0 radical (unpaired) electrons. The van der Waals surface area contributed by atoms with Gasteiger partial charge in [0.25, 0.3) is 0 Å². The van der Waals surface area contributed by atoms with Gasteiger partial charge in [-0.2, -0.15) is 0 Å². The molecule has 1 aliphatic heterocycles. The van der Waals surface area contributed by atoms with Crippen LogP contribution in [0.25, 0.3) is 0 Å². The van der Waals surface area contributed by atoms with Crippen molar-refractivity contribution in [2.45, 2.75) is 32.7 Å². The minimum Gasteiger partial charge on any atom is -0.354 e. The van der Waals surface area contributed by atoms with E-state index in [2.05, 4.69) is 40.5 Å². The minimum atomic E-state index is 0.232. The van der Waals surface area contributed by atoms with Gasteiger partial charge in [-0.1, -0.05) is 11.6 Å². The SMILES string of the molecule is CC(C)(C)N1CCCN(c2cncc(Cl)n2)CC1. The molecular weight excluding hydrogens is 248 g/mol. The third kappa shape index (κ3) is 3.33. The first kappa shape index (κ1) is 13.6. The zero-order valence-electron chi connectivity index (χ0n) is 11.4. The molecule has 0 amide bonds. The Kier molecular flexibility index (Phi) is 4.07. The van der Waals surface area contributed by atoms with Crippen LogP contribution in [0.2, 0.25) is 5.15 Å². The highest BCUT2D eigenvalue weighted by Crippen LogP contribution is 2.19. The lowest BCUT2D eigenvalue weighted by molar-refractivity contribution is 0.148. The van der Waals surface area contributed by atoms with Crippen molar-refractivity contribution in [3.8, 4) is 0 Å². The molecule has 100 valence electrons. The third-order valence-corrected chi connectivity index (χ3v) is 3.54. The first-order valence-electron chi connectivity index (χ1n) is 6.44. The Bertz CT molecular complexity index is 402. The average molecular weight is 269 g/mol. The summed E-state index contributed by atoms with van der Waals surface area (Å²) in [6, 6.07) is 0. The maximum absolute atomic E-state index is 5.90. The van der Waals surface area contributed by atoms with Gasteiger partial charge in [-0.3, -0.25) is 9.88 Å². The second-order valence-corrected chi connectivity index (χ2v) is 6.09. The van der Waals surface area contributed by atoms with E-state index in [1.54, 1.807) is 12.4 Å². The number of rotatable bonds is 1. The van der Waals surface area contributed by atoms with Crippen molar-refractivity contribution in [2.75, 3.05) is 31.1 Å². The number of halogens is 1. The Labute approximate surface area is 114 Å². The summed E-state index contributed by atoms with van der Waals surface area (Å²) in [5, 5.41) is 0.462. The topological polar surface area (TPSA) is 32.3 Å². The fourth-order valence-corrected chi connectivity index (χ4v) is 2.45. The predicted octanol–water partition coefficient (Wildman–Crippen LogP) is 2.44. The van der Waals surface area contributed by atoms with Crippen molar-refractivity contribution in [3.05, 3.63) is 17.5 Å². The van der Waals surface area contributed by atoms with Gasteiger partial charge in [0.05, 0.1) is 12.4 Å². The lowest BCUT2D eigenvalue weighted by atomic mass is 10.1. The molecule has 0 bridgehead atoms. The standard InChI is InChI=1S/C13H21ClN4/c1-13(2,3)18-6-4-5-17(7-8-18)12-10-15-9-11(14)16-12/h9-10H,4-8H2,1-3H3. The molecule has 1 aromatic rings. The van der Waals surface area contributed by atoms with Gasteiger partial charge in [-0.15, -0.1) is 0 Å². The highest BCUT2D eigenvalue weighted by Gasteiger charge is 2.24. The van der Waals surface area contributed by atoms with E-state index in [0.717, 1.165) is 38.4 Å². The summed E-state index contributed by atoms with van der Waals surface area (Å²) in [5.41, 5.74) is 0.232. The van der Waals surface area contributed by atoms with E-state index >= 15 is 0 Å². The predicted molar refractivity (Wildman–Crippen MR) is 75.2 cm³/mol. The number of hydrogen-bond donors (Lipinski definition) is 0. The molecule has 0 unspecified atom stereocenters. The van der Waals surface area contributed by atoms with E-state index in [4.69, 9.17) is 11.6 Å². The van der Waals surface area contributed by atoms with Gasteiger partial charge < -0.3 is 4.90 Å². The Morgan fingerprint density at radius 1 is 1.11 bits per heavy atom. The molecule has 1 fully saturated rings. The van der Waals surface area contributed by atoms with Gasteiger partial charge in [0.15, 0.2) is 0 Å². The molecule has 0 aliphatic carbocycles. The van der Waals surface area contributed by atoms with Crippen LogP contribution in [0.1, 0.15) is 27.2 Å². The van der Waals surface area contributed by atoms with Crippen molar-refractivity contribution < 1.29 is 0 Å². The Morgan fingerprint density at radius 3 is 2.56 bits per heavy atom. The summed E-state index contributed by atoms with van der Waals surface area (Å²) in [5.74, 6) is 0.887. The second-order valence-electron chi connectivity index (χ2n) is 5.70. The largest absolute Gasteiger partial charge is 0.354 e. The zero-order chi connectivity index (χ0) is 13.2. The molecule has 1 aromatic heterocycles. The molecule has 2 heterocycles. The van der Waals surface area contributed by atoms with Crippen molar-refractivity contribution in [1.29, 1.82) is 0 Å². The summed E-state index contributed by atoms with van der Waals surface area (Å²) in [7, 11) is 0. The lowest BCUT2D eigenvalue weighted by Gasteiger charge is -2.34. The van der Waals surface area contributed by atoms with Crippen LogP contribution in [-0.2, 0) is 0 Å². The van der Waals surface area contributed by atoms with Crippen LogP contribution in [0.4, 0.5) is 5.82 Å². The van der Waals surface area contributed by atoms with Crippen molar-refractivity contribution in [2.24, 2.45) is 0 Å². The lowest BCUT2D eigenvalue weighted by Crippen LogP contribution is -2.43. The van der Waals surface area contributed by atoms with Crippen molar-refractivity contribution >= 4 is 17.4 Å².